The Morgan fingerprint density at radius 2 is 0.816 bits per heavy atom. The molecule has 0 aliphatic rings. The molecule has 0 radical (unpaired) electrons. The number of benzene rings is 7. The molecule has 4 heteroatoms. The van der Waals surface area contributed by atoms with E-state index in [1.54, 1.807) is 0 Å². The predicted molar refractivity (Wildman–Crippen MR) is 201 cm³/mol. The molecule has 2 heterocycles. The first-order chi connectivity index (χ1) is 24.3. The van der Waals surface area contributed by atoms with E-state index in [-0.39, 0.29) is 0 Å². The molecular formula is C45H30N4. The van der Waals surface area contributed by atoms with E-state index in [1.807, 2.05) is 60.7 Å². The molecule has 0 N–H and O–H groups in total. The first-order valence-corrected chi connectivity index (χ1v) is 16.5. The molecule has 49 heavy (non-hydrogen) atoms. The van der Waals surface area contributed by atoms with Gasteiger partial charge in [-0.05, 0) is 57.6 Å². The third kappa shape index (κ3) is 5.26. The van der Waals surface area contributed by atoms with Gasteiger partial charge < -0.3 is 0 Å². The highest BCUT2D eigenvalue weighted by Gasteiger charge is 2.21. The summed E-state index contributed by atoms with van der Waals surface area (Å²) in [5, 5.41) is 2.30. The van der Waals surface area contributed by atoms with Crippen LogP contribution in [-0.2, 0) is 0 Å². The molecule has 0 amide bonds. The van der Waals surface area contributed by atoms with Gasteiger partial charge in [-0.25, -0.2) is 4.98 Å². The maximum Gasteiger partial charge on any atom is 0.238 e. The standard InChI is InChI=1S/C45H30N4/c1-5-16-31(17-6-1)35-24-15-25-36(28-35)37-29-39(32-18-7-2-8-19-32)42-38-26-13-14-27-40(38)49(41(42)30-37)45-47-43(33-20-9-3-10-21-33)46-44(48-45)34-22-11-4-12-23-34/h1-30H. The fraction of sp³-hybridized carbons (Fsp3) is 0. The van der Waals surface area contributed by atoms with Crippen LogP contribution in [0.2, 0.25) is 0 Å². The predicted octanol–water partition coefficient (Wildman–Crippen LogP) is 11.3. The van der Waals surface area contributed by atoms with Crippen molar-refractivity contribution in [1.82, 2.24) is 19.5 Å². The maximum absolute atomic E-state index is 5.17. The van der Waals surface area contributed by atoms with Crippen molar-refractivity contribution in [3.8, 4) is 62.1 Å². The van der Waals surface area contributed by atoms with Crippen LogP contribution in [0.3, 0.4) is 0 Å². The molecule has 0 atom stereocenters. The lowest BCUT2D eigenvalue weighted by Crippen LogP contribution is -2.06. The van der Waals surface area contributed by atoms with E-state index in [4.69, 9.17) is 15.0 Å². The summed E-state index contributed by atoms with van der Waals surface area (Å²) in [5.41, 5.74) is 10.9. The van der Waals surface area contributed by atoms with Gasteiger partial charge >= 0.3 is 0 Å². The fourth-order valence-corrected chi connectivity index (χ4v) is 6.73. The highest BCUT2D eigenvalue weighted by Crippen LogP contribution is 2.41. The minimum atomic E-state index is 0.577. The van der Waals surface area contributed by atoms with Gasteiger partial charge in [0.2, 0.25) is 5.95 Å². The Balaban J connectivity index is 1.36. The average Bonchev–Trinajstić information content (AvgIpc) is 3.53. The van der Waals surface area contributed by atoms with E-state index in [0.717, 1.165) is 55.2 Å². The molecule has 0 aliphatic carbocycles. The molecule has 0 fully saturated rings. The highest BCUT2D eigenvalue weighted by molar-refractivity contribution is 6.16. The van der Waals surface area contributed by atoms with Gasteiger partial charge in [0.1, 0.15) is 0 Å². The topological polar surface area (TPSA) is 43.6 Å². The lowest BCUT2D eigenvalue weighted by molar-refractivity contribution is 0.953. The van der Waals surface area contributed by atoms with E-state index in [1.165, 1.54) is 11.1 Å². The molecule has 2 aromatic heterocycles. The largest absolute Gasteiger partial charge is 0.278 e. The third-order valence-electron chi connectivity index (χ3n) is 9.05. The van der Waals surface area contributed by atoms with Crippen molar-refractivity contribution in [2.24, 2.45) is 0 Å². The third-order valence-corrected chi connectivity index (χ3v) is 9.05. The number of para-hydroxylation sites is 1. The Hall–Kier alpha value is -6.65. The molecule has 9 rings (SSSR count). The summed E-state index contributed by atoms with van der Waals surface area (Å²) in [6.45, 7) is 0. The molecule has 9 aromatic rings. The Bertz CT molecular complexity index is 2520. The van der Waals surface area contributed by atoms with Crippen molar-refractivity contribution in [2.75, 3.05) is 0 Å². The van der Waals surface area contributed by atoms with Crippen LogP contribution in [0.25, 0.3) is 83.9 Å². The normalized spacial score (nSPS) is 11.3. The highest BCUT2D eigenvalue weighted by atomic mass is 15.2. The van der Waals surface area contributed by atoms with E-state index < -0.39 is 0 Å². The first-order valence-electron chi connectivity index (χ1n) is 16.5. The zero-order valence-corrected chi connectivity index (χ0v) is 26.6. The Morgan fingerprint density at radius 1 is 0.327 bits per heavy atom. The summed E-state index contributed by atoms with van der Waals surface area (Å²) in [4.78, 5) is 15.3. The van der Waals surface area contributed by atoms with Crippen molar-refractivity contribution in [3.63, 3.8) is 0 Å². The van der Waals surface area contributed by atoms with Gasteiger partial charge in [0, 0.05) is 21.9 Å². The van der Waals surface area contributed by atoms with E-state index in [2.05, 4.69) is 126 Å². The van der Waals surface area contributed by atoms with Gasteiger partial charge in [-0.1, -0.05) is 158 Å². The Labute approximate surface area is 284 Å². The summed E-state index contributed by atoms with van der Waals surface area (Å²) in [6.07, 6.45) is 0. The van der Waals surface area contributed by atoms with Crippen LogP contribution >= 0.6 is 0 Å². The van der Waals surface area contributed by atoms with Crippen molar-refractivity contribution in [1.29, 1.82) is 0 Å². The number of nitrogens with zero attached hydrogens (tertiary/aromatic N) is 4. The van der Waals surface area contributed by atoms with Gasteiger partial charge in [0.25, 0.3) is 0 Å². The average molecular weight is 627 g/mol. The second kappa shape index (κ2) is 12.2. The van der Waals surface area contributed by atoms with E-state index in [0.29, 0.717) is 17.6 Å². The summed E-state index contributed by atoms with van der Waals surface area (Å²) < 4.78 is 2.21. The van der Waals surface area contributed by atoms with Gasteiger partial charge in [-0.2, -0.15) is 9.97 Å². The zero-order valence-electron chi connectivity index (χ0n) is 26.6. The van der Waals surface area contributed by atoms with Crippen molar-refractivity contribution >= 4 is 21.8 Å². The van der Waals surface area contributed by atoms with Crippen LogP contribution in [0.5, 0.6) is 0 Å². The molecule has 0 aliphatic heterocycles. The van der Waals surface area contributed by atoms with Crippen LogP contribution in [-0.4, -0.2) is 19.5 Å². The van der Waals surface area contributed by atoms with Gasteiger partial charge in [-0.3, -0.25) is 4.57 Å². The monoisotopic (exact) mass is 626 g/mol. The number of hydrogen-bond acceptors (Lipinski definition) is 3. The minimum Gasteiger partial charge on any atom is -0.278 e. The zero-order chi connectivity index (χ0) is 32.6. The fourth-order valence-electron chi connectivity index (χ4n) is 6.73. The number of hydrogen-bond donors (Lipinski definition) is 0. The molecule has 0 bridgehead atoms. The smallest absolute Gasteiger partial charge is 0.238 e. The lowest BCUT2D eigenvalue weighted by Gasteiger charge is -2.13. The molecular weight excluding hydrogens is 597 g/mol. The van der Waals surface area contributed by atoms with E-state index in [9.17, 15) is 0 Å². The van der Waals surface area contributed by atoms with Crippen LogP contribution in [0, 0.1) is 0 Å². The first kappa shape index (κ1) is 28.6. The van der Waals surface area contributed by atoms with Gasteiger partial charge in [0.15, 0.2) is 11.6 Å². The van der Waals surface area contributed by atoms with Crippen LogP contribution in [0.1, 0.15) is 0 Å². The summed E-state index contributed by atoms with van der Waals surface area (Å²) in [6, 6.07) is 63.4. The minimum absolute atomic E-state index is 0.577. The number of fused-ring (bicyclic) bond motifs is 3. The molecule has 0 saturated carbocycles. The maximum atomic E-state index is 5.17. The molecule has 230 valence electrons. The second-order valence-electron chi connectivity index (χ2n) is 12.1. The molecule has 0 spiro atoms. The van der Waals surface area contributed by atoms with Crippen LogP contribution in [0.15, 0.2) is 182 Å². The molecule has 0 unspecified atom stereocenters. The molecule has 0 saturated heterocycles. The van der Waals surface area contributed by atoms with Gasteiger partial charge in [-0.15, -0.1) is 0 Å². The van der Waals surface area contributed by atoms with E-state index >= 15 is 0 Å². The number of rotatable bonds is 6. The van der Waals surface area contributed by atoms with Crippen molar-refractivity contribution in [3.05, 3.63) is 182 Å². The summed E-state index contributed by atoms with van der Waals surface area (Å²) in [7, 11) is 0. The number of aromatic nitrogens is 4. The summed E-state index contributed by atoms with van der Waals surface area (Å²) in [5.74, 6) is 1.84. The summed E-state index contributed by atoms with van der Waals surface area (Å²) >= 11 is 0. The second-order valence-corrected chi connectivity index (χ2v) is 12.1. The van der Waals surface area contributed by atoms with Crippen molar-refractivity contribution in [2.45, 2.75) is 0 Å². The van der Waals surface area contributed by atoms with Crippen LogP contribution < -0.4 is 0 Å². The molecule has 7 aromatic carbocycles. The Morgan fingerprint density at radius 3 is 1.43 bits per heavy atom. The lowest BCUT2D eigenvalue weighted by atomic mass is 9.93. The van der Waals surface area contributed by atoms with Gasteiger partial charge in [0.05, 0.1) is 11.0 Å². The Kier molecular flexibility index (Phi) is 7.10. The molecule has 4 nitrogen and oxygen atoms in total. The van der Waals surface area contributed by atoms with Crippen LogP contribution in [0.4, 0.5) is 0 Å². The SMILES string of the molecule is c1ccc(-c2cccc(-c3cc(-c4ccccc4)c4c5ccccc5n(-c5nc(-c6ccccc6)nc(-c6ccccc6)n5)c4c3)c2)cc1. The van der Waals surface area contributed by atoms with Crippen molar-refractivity contribution < 1.29 is 0 Å². The quantitative estimate of drug-likeness (QED) is 0.184.